The number of amides is 1. The Morgan fingerprint density at radius 2 is 2.19 bits per heavy atom. The molecule has 0 atom stereocenters. The number of aromatic nitrogens is 1. The monoisotopic (exact) mass is 289 g/mol. The van der Waals surface area contributed by atoms with Crippen LogP contribution in [-0.2, 0) is 6.61 Å². The highest BCUT2D eigenvalue weighted by Crippen LogP contribution is 2.26. The van der Waals surface area contributed by atoms with Gasteiger partial charge in [0.15, 0.2) is 0 Å². The minimum absolute atomic E-state index is 0.136. The summed E-state index contributed by atoms with van der Waals surface area (Å²) in [4.78, 5) is 25.1. The van der Waals surface area contributed by atoms with E-state index in [1.807, 2.05) is 0 Å². The molecule has 0 unspecified atom stereocenters. The number of carbonyl (C=O) groups is 1. The van der Waals surface area contributed by atoms with Crippen molar-refractivity contribution in [1.29, 1.82) is 0 Å². The maximum atomic E-state index is 11.3. The quantitative estimate of drug-likeness (QED) is 0.631. The van der Waals surface area contributed by atoms with E-state index in [1.54, 1.807) is 24.3 Å². The molecule has 1 heterocycles. The highest BCUT2D eigenvalue weighted by Gasteiger charge is 2.18. The van der Waals surface area contributed by atoms with Gasteiger partial charge in [-0.25, -0.2) is 4.98 Å². The molecule has 2 aromatic rings. The van der Waals surface area contributed by atoms with Gasteiger partial charge in [-0.3, -0.25) is 14.9 Å². The Morgan fingerprint density at radius 1 is 1.43 bits per heavy atom. The molecule has 0 aliphatic rings. The van der Waals surface area contributed by atoms with Crippen LogP contribution in [0.5, 0.6) is 11.6 Å². The number of ether oxygens (including phenoxy) is 1. The molecule has 2 rings (SSSR count). The van der Waals surface area contributed by atoms with Crippen LogP contribution >= 0.6 is 0 Å². The van der Waals surface area contributed by atoms with Gasteiger partial charge in [-0.15, -0.1) is 0 Å². The van der Waals surface area contributed by atoms with Crippen LogP contribution in [-0.4, -0.2) is 20.9 Å². The molecule has 21 heavy (non-hydrogen) atoms. The second-order valence-corrected chi connectivity index (χ2v) is 4.08. The van der Waals surface area contributed by atoms with E-state index in [2.05, 4.69) is 4.98 Å². The molecule has 8 heteroatoms. The molecule has 1 aromatic heterocycles. The largest absolute Gasteiger partial charge is 0.438 e. The average Bonchev–Trinajstić information content (AvgIpc) is 2.47. The van der Waals surface area contributed by atoms with Crippen LogP contribution in [0.3, 0.4) is 0 Å². The smallest absolute Gasteiger partial charge is 0.288 e. The van der Waals surface area contributed by atoms with Gasteiger partial charge in [-0.05, 0) is 17.7 Å². The number of pyridine rings is 1. The number of carbonyl (C=O) groups excluding carboxylic acids is 1. The zero-order chi connectivity index (χ0) is 15.4. The van der Waals surface area contributed by atoms with Crippen LogP contribution in [0.25, 0.3) is 0 Å². The molecule has 0 fully saturated rings. The van der Waals surface area contributed by atoms with Gasteiger partial charge in [0.1, 0.15) is 17.5 Å². The molecule has 0 aliphatic heterocycles. The topological polar surface area (TPSA) is 129 Å². The fourth-order valence-electron chi connectivity index (χ4n) is 1.62. The third-order valence-corrected chi connectivity index (χ3v) is 2.61. The van der Waals surface area contributed by atoms with Crippen LogP contribution in [0.2, 0.25) is 0 Å². The van der Waals surface area contributed by atoms with Crippen LogP contribution in [0, 0.1) is 10.1 Å². The molecule has 0 aliphatic carbocycles. The van der Waals surface area contributed by atoms with Crippen molar-refractivity contribution in [2.75, 3.05) is 0 Å². The molecular weight excluding hydrogens is 278 g/mol. The lowest BCUT2D eigenvalue weighted by Gasteiger charge is -2.08. The van der Waals surface area contributed by atoms with Gasteiger partial charge in [0, 0.05) is 6.07 Å². The van der Waals surface area contributed by atoms with Crippen LogP contribution < -0.4 is 10.5 Å². The molecule has 1 aromatic carbocycles. The van der Waals surface area contributed by atoms with Crippen LogP contribution in [0.15, 0.2) is 36.5 Å². The number of hydrogen-bond acceptors (Lipinski definition) is 6. The molecule has 1 amide bonds. The van der Waals surface area contributed by atoms with Crippen molar-refractivity contribution >= 4 is 11.6 Å². The van der Waals surface area contributed by atoms with Crippen molar-refractivity contribution in [2.24, 2.45) is 5.73 Å². The van der Waals surface area contributed by atoms with Crippen LogP contribution in [0.4, 0.5) is 5.69 Å². The van der Waals surface area contributed by atoms with E-state index in [-0.39, 0.29) is 23.7 Å². The fourth-order valence-corrected chi connectivity index (χ4v) is 1.62. The lowest BCUT2D eigenvalue weighted by molar-refractivity contribution is -0.385. The highest BCUT2D eigenvalue weighted by atomic mass is 16.6. The normalized spacial score (nSPS) is 10.1. The number of nitro groups is 1. The Bertz CT molecular complexity index is 702. The summed E-state index contributed by atoms with van der Waals surface area (Å²) in [6.07, 6.45) is 0.970. The van der Waals surface area contributed by atoms with E-state index < -0.39 is 10.8 Å². The lowest BCUT2D eigenvalue weighted by Crippen LogP contribution is -2.13. The van der Waals surface area contributed by atoms with Gasteiger partial charge < -0.3 is 15.6 Å². The minimum atomic E-state index is -0.889. The Balaban J connectivity index is 2.38. The summed E-state index contributed by atoms with van der Waals surface area (Å²) in [5.41, 5.74) is 5.22. The SMILES string of the molecule is NC(=O)c1cc([N+](=O)[O-])cnc1Oc1cccc(CO)c1. The molecule has 0 spiro atoms. The molecule has 0 radical (unpaired) electrons. The van der Waals surface area contributed by atoms with Gasteiger partial charge in [-0.2, -0.15) is 0 Å². The minimum Gasteiger partial charge on any atom is -0.438 e. The van der Waals surface area contributed by atoms with Crippen molar-refractivity contribution in [3.8, 4) is 11.6 Å². The number of hydrogen-bond donors (Lipinski definition) is 2. The van der Waals surface area contributed by atoms with E-state index in [1.165, 1.54) is 0 Å². The van der Waals surface area contributed by atoms with Gasteiger partial charge in [0.05, 0.1) is 11.5 Å². The van der Waals surface area contributed by atoms with Gasteiger partial charge in [0.2, 0.25) is 5.88 Å². The van der Waals surface area contributed by atoms with E-state index >= 15 is 0 Å². The number of nitrogens with two attached hydrogens (primary N) is 1. The standard InChI is InChI=1S/C13H11N3O5/c14-12(18)11-5-9(16(19)20)6-15-13(11)21-10-3-1-2-8(4-10)7-17/h1-6,17H,7H2,(H2,14,18). The number of aliphatic hydroxyl groups is 1. The molecule has 0 saturated heterocycles. The summed E-state index contributed by atoms with van der Waals surface area (Å²) < 4.78 is 5.40. The number of rotatable bonds is 5. The second-order valence-electron chi connectivity index (χ2n) is 4.08. The van der Waals surface area contributed by atoms with Crippen molar-refractivity contribution in [3.63, 3.8) is 0 Å². The Hall–Kier alpha value is -3.00. The Morgan fingerprint density at radius 3 is 2.81 bits per heavy atom. The fraction of sp³-hybridized carbons (Fsp3) is 0.0769. The van der Waals surface area contributed by atoms with Crippen molar-refractivity contribution < 1.29 is 19.6 Å². The zero-order valence-corrected chi connectivity index (χ0v) is 10.7. The third kappa shape index (κ3) is 3.31. The number of aliphatic hydroxyl groups excluding tert-OH is 1. The lowest BCUT2D eigenvalue weighted by atomic mass is 10.2. The first-order valence-electron chi connectivity index (χ1n) is 5.83. The maximum absolute atomic E-state index is 11.3. The van der Waals surface area contributed by atoms with Crippen molar-refractivity contribution in [2.45, 2.75) is 6.61 Å². The van der Waals surface area contributed by atoms with Gasteiger partial charge >= 0.3 is 0 Å². The van der Waals surface area contributed by atoms with E-state index in [0.717, 1.165) is 12.3 Å². The molecule has 108 valence electrons. The zero-order valence-electron chi connectivity index (χ0n) is 10.7. The van der Waals surface area contributed by atoms with Crippen molar-refractivity contribution in [3.05, 3.63) is 57.8 Å². The Labute approximate surface area is 119 Å². The first-order chi connectivity index (χ1) is 10.0. The maximum Gasteiger partial charge on any atom is 0.288 e. The Kier molecular flexibility index (Phi) is 4.10. The molecule has 0 bridgehead atoms. The molecule has 8 nitrogen and oxygen atoms in total. The summed E-state index contributed by atoms with van der Waals surface area (Å²) in [6, 6.07) is 7.47. The van der Waals surface area contributed by atoms with E-state index in [0.29, 0.717) is 11.3 Å². The summed E-state index contributed by atoms with van der Waals surface area (Å²) in [6.45, 7) is -0.173. The molecule has 0 saturated carbocycles. The molecule has 3 N–H and O–H groups in total. The predicted octanol–water partition coefficient (Wildman–Crippen LogP) is 1.37. The van der Waals surface area contributed by atoms with Crippen LogP contribution in [0.1, 0.15) is 15.9 Å². The summed E-state index contributed by atoms with van der Waals surface area (Å²) >= 11 is 0. The van der Waals surface area contributed by atoms with Crippen molar-refractivity contribution in [1.82, 2.24) is 4.98 Å². The van der Waals surface area contributed by atoms with Gasteiger partial charge in [0.25, 0.3) is 11.6 Å². The summed E-state index contributed by atoms with van der Waals surface area (Å²) in [7, 11) is 0. The number of benzene rings is 1. The molecular formula is C13H11N3O5. The predicted molar refractivity (Wildman–Crippen MR) is 71.8 cm³/mol. The summed E-state index contributed by atoms with van der Waals surface area (Å²) in [5.74, 6) is -0.701. The number of primary amides is 1. The second kappa shape index (κ2) is 5.97. The summed E-state index contributed by atoms with van der Waals surface area (Å²) in [5, 5.41) is 19.7. The van der Waals surface area contributed by atoms with Gasteiger partial charge in [-0.1, -0.05) is 12.1 Å². The van der Waals surface area contributed by atoms with E-state index in [4.69, 9.17) is 15.6 Å². The number of nitrogens with zero attached hydrogens (tertiary/aromatic N) is 2. The van der Waals surface area contributed by atoms with E-state index in [9.17, 15) is 14.9 Å². The third-order valence-electron chi connectivity index (χ3n) is 2.61. The first kappa shape index (κ1) is 14.4. The first-order valence-corrected chi connectivity index (χ1v) is 5.83. The average molecular weight is 289 g/mol. The highest BCUT2D eigenvalue weighted by molar-refractivity contribution is 5.95.